The van der Waals surface area contributed by atoms with Crippen LogP contribution in [0.5, 0.6) is 5.75 Å². The maximum absolute atomic E-state index is 13.8. The van der Waals surface area contributed by atoms with Gasteiger partial charge in [-0.05, 0) is 49.2 Å². The number of nitrogens with zero attached hydrogens (tertiary/aromatic N) is 1. The summed E-state index contributed by atoms with van der Waals surface area (Å²) in [4.78, 5) is 13.6. The van der Waals surface area contributed by atoms with E-state index in [1.165, 1.54) is 7.11 Å². The number of para-hydroxylation sites is 2. The second-order valence-corrected chi connectivity index (χ2v) is 10.7. The smallest absolute Gasteiger partial charge is 0.264 e. The first-order valence-corrected chi connectivity index (χ1v) is 13.4. The molecule has 4 rings (SSSR count). The number of methoxy groups -OCH3 is 1. The van der Waals surface area contributed by atoms with E-state index >= 15 is 0 Å². The van der Waals surface area contributed by atoms with Gasteiger partial charge in [-0.3, -0.25) is 9.10 Å². The van der Waals surface area contributed by atoms with Crippen LogP contribution in [0.2, 0.25) is 0 Å². The number of benzene rings is 4. The lowest BCUT2D eigenvalue weighted by molar-refractivity contribution is -0.120. The summed E-state index contributed by atoms with van der Waals surface area (Å²) >= 11 is 0. The first-order valence-electron chi connectivity index (χ1n) is 11.9. The summed E-state index contributed by atoms with van der Waals surface area (Å²) in [6.45, 7) is 3.46. The van der Waals surface area contributed by atoms with E-state index in [-0.39, 0.29) is 10.6 Å². The van der Waals surface area contributed by atoms with Gasteiger partial charge in [-0.1, -0.05) is 90.0 Å². The zero-order valence-corrected chi connectivity index (χ0v) is 21.9. The van der Waals surface area contributed by atoms with Crippen LogP contribution < -0.4 is 14.4 Å². The number of amides is 1. The molecule has 0 spiro atoms. The molecule has 6 nitrogen and oxygen atoms in total. The van der Waals surface area contributed by atoms with Crippen molar-refractivity contribution in [2.45, 2.75) is 24.8 Å². The minimum absolute atomic E-state index is 0.0925. The third-order valence-electron chi connectivity index (χ3n) is 6.10. The van der Waals surface area contributed by atoms with E-state index in [0.717, 1.165) is 26.6 Å². The van der Waals surface area contributed by atoms with Crippen molar-refractivity contribution in [1.82, 2.24) is 5.32 Å². The number of sulfonamides is 1. The van der Waals surface area contributed by atoms with Gasteiger partial charge in [-0.2, -0.15) is 0 Å². The molecule has 0 fully saturated rings. The standard InChI is InChI=1S/C30H30N2O4S/c1-22-13-17-25(18-14-22)30(24-9-5-4-6-10-24)31-29(33)21-32(27-11-7-8-12-28(27)36-3)37(34,35)26-19-15-23(2)16-20-26/h4-20,30H,21H2,1-3H3,(H,31,33)/t30-/m1/s1. The molecular formula is C30H30N2O4S. The Hall–Kier alpha value is -4.10. The van der Waals surface area contributed by atoms with Gasteiger partial charge in [-0.25, -0.2) is 8.42 Å². The lowest BCUT2D eigenvalue weighted by Crippen LogP contribution is -2.42. The minimum Gasteiger partial charge on any atom is -0.495 e. The number of aryl methyl sites for hydroxylation is 2. The van der Waals surface area contributed by atoms with Crippen molar-refractivity contribution in [1.29, 1.82) is 0 Å². The number of carbonyl (C=O) groups excluding carboxylic acids is 1. The number of carbonyl (C=O) groups is 1. The Labute approximate surface area is 218 Å². The van der Waals surface area contributed by atoms with E-state index < -0.39 is 28.5 Å². The molecule has 4 aromatic rings. The molecule has 1 amide bonds. The van der Waals surface area contributed by atoms with Gasteiger partial charge in [0.2, 0.25) is 5.91 Å². The van der Waals surface area contributed by atoms with E-state index in [4.69, 9.17) is 4.74 Å². The van der Waals surface area contributed by atoms with Crippen molar-refractivity contribution >= 4 is 21.6 Å². The van der Waals surface area contributed by atoms with Gasteiger partial charge in [0.05, 0.1) is 23.7 Å². The largest absolute Gasteiger partial charge is 0.495 e. The van der Waals surface area contributed by atoms with Crippen LogP contribution >= 0.6 is 0 Å². The molecule has 0 saturated heterocycles. The summed E-state index contributed by atoms with van der Waals surface area (Å²) in [5, 5.41) is 3.05. The second-order valence-electron chi connectivity index (χ2n) is 8.82. The van der Waals surface area contributed by atoms with Gasteiger partial charge in [0.25, 0.3) is 10.0 Å². The van der Waals surface area contributed by atoms with Gasteiger partial charge >= 0.3 is 0 Å². The van der Waals surface area contributed by atoms with E-state index in [1.54, 1.807) is 48.5 Å². The highest BCUT2D eigenvalue weighted by molar-refractivity contribution is 7.92. The fourth-order valence-electron chi connectivity index (χ4n) is 4.07. The van der Waals surface area contributed by atoms with Crippen molar-refractivity contribution in [2.24, 2.45) is 0 Å². The molecule has 190 valence electrons. The van der Waals surface area contributed by atoms with Gasteiger partial charge in [-0.15, -0.1) is 0 Å². The van der Waals surface area contributed by atoms with Crippen LogP contribution in [0.15, 0.2) is 108 Å². The first kappa shape index (κ1) is 26.0. The number of hydrogen-bond acceptors (Lipinski definition) is 4. The van der Waals surface area contributed by atoms with Crippen LogP contribution in [0.25, 0.3) is 0 Å². The predicted molar refractivity (Wildman–Crippen MR) is 146 cm³/mol. The van der Waals surface area contributed by atoms with Crippen LogP contribution in [0.3, 0.4) is 0 Å². The lowest BCUT2D eigenvalue weighted by Gasteiger charge is -2.27. The van der Waals surface area contributed by atoms with Crippen molar-refractivity contribution in [2.75, 3.05) is 18.0 Å². The average molecular weight is 515 g/mol. The van der Waals surface area contributed by atoms with Crippen LogP contribution in [-0.4, -0.2) is 28.0 Å². The second kappa shape index (κ2) is 11.3. The molecule has 0 aromatic heterocycles. The number of nitrogens with one attached hydrogen (secondary N) is 1. The maximum atomic E-state index is 13.8. The molecular weight excluding hydrogens is 484 g/mol. The molecule has 0 bridgehead atoms. The molecule has 0 heterocycles. The van der Waals surface area contributed by atoms with Crippen LogP contribution in [0.1, 0.15) is 28.3 Å². The Morgan fingerprint density at radius 2 is 1.32 bits per heavy atom. The molecule has 0 aliphatic carbocycles. The van der Waals surface area contributed by atoms with Crippen molar-refractivity contribution in [3.05, 3.63) is 125 Å². The summed E-state index contributed by atoms with van der Waals surface area (Å²) in [5.74, 6) is -0.0971. The van der Waals surface area contributed by atoms with Crippen molar-refractivity contribution < 1.29 is 17.9 Å². The molecule has 4 aromatic carbocycles. The van der Waals surface area contributed by atoms with Gasteiger partial charge < -0.3 is 10.1 Å². The SMILES string of the molecule is COc1ccccc1N(CC(=O)N[C@H](c1ccccc1)c1ccc(C)cc1)S(=O)(=O)c1ccc(C)cc1. The fourth-order valence-corrected chi connectivity index (χ4v) is 5.50. The molecule has 0 aliphatic heterocycles. The number of anilines is 1. The summed E-state index contributed by atoms with van der Waals surface area (Å²) in [7, 11) is -2.61. The molecule has 1 N–H and O–H groups in total. The summed E-state index contributed by atoms with van der Waals surface area (Å²) in [6.07, 6.45) is 0. The number of hydrogen-bond donors (Lipinski definition) is 1. The lowest BCUT2D eigenvalue weighted by atomic mass is 9.98. The normalized spacial score (nSPS) is 12.0. The monoisotopic (exact) mass is 514 g/mol. The third-order valence-corrected chi connectivity index (χ3v) is 7.87. The summed E-state index contributed by atoms with van der Waals surface area (Å²) in [6, 6.07) is 30.4. The molecule has 7 heteroatoms. The Kier molecular flexibility index (Phi) is 7.94. The highest BCUT2D eigenvalue weighted by Crippen LogP contribution is 2.32. The van der Waals surface area contributed by atoms with Crippen molar-refractivity contribution in [3.63, 3.8) is 0 Å². The highest BCUT2D eigenvalue weighted by atomic mass is 32.2. The number of rotatable bonds is 9. The quantitative estimate of drug-likeness (QED) is 0.324. The van der Waals surface area contributed by atoms with Crippen LogP contribution in [-0.2, 0) is 14.8 Å². The Morgan fingerprint density at radius 3 is 1.95 bits per heavy atom. The van der Waals surface area contributed by atoms with E-state index in [1.807, 2.05) is 68.4 Å². The molecule has 37 heavy (non-hydrogen) atoms. The Bertz CT molecular complexity index is 1450. The zero-order valence-electron chi connectivity index (χ0n) is 21.1. The maximum Gasteiger partial charge on any atom is 0.264 e. The zero-order chi connectivity index (χ0) is 26.4. The summed E-state index contributed by atoms with van der Waals surface area (Å²) in [5.41, 5.74) is 4.12. The molecule has 0 aliphatic rings. The average Bonchev–Trinajstić information content (AvgIpc) is 2.91. The van der Waals surface area contributed by atoms with E-state index in [9.17, 15) is 13.2 Å². The molecule has 1 atom stereocenters. The third kappa shape index (κ3) is 6.01. The van der Waals surface area contributed by atoms with E-state index in [0.29, 0.717) is 5.75 Å². The highest BCUT2D eigenvalue weighted by Gasteiger charge is 2.30. The Morgan fingerprint density at radius 1 is 0.784 bits per heavy atom. The molecule has 0 saturated carbocycles. The van der Waals surface area contributed by atoms with Crippen LogP contribution in [0, 0.1) is 13.8 Å². The van der Waals surface area contributed by atoms with E-state index in [2.05, 4.69) is 5.32 Å². The molecule has 0 unspecified atom stereocenters. The number of ether oxygens (including phenoxy) is 1. The summed E-state index contributed by atoms with van der Waals surface area (Å²) < 4.78 is 34.2. The fraction of sp³-hybridized carbons (Fsp3) is 0.167. The van der Waals surface area contributed by atoms with Gasteiger partial charge in [0.15, 0.2) is 0 Å². The topological polar surface area (TPSA) is 75.7 Å². The Balaban J connectivity index is 1.71. The predicted octanol–water partition coefficient (Wildman–Crippen LogP) is 5.41. The molecule has 0 radical (unpaired) electrons. The van der Waals surface area contributed by atoms with Gasteiger partial charge in [0, 0.05) is 0 Å². The van der Waals surface area contributed by atoms with Crippen LogP contribution in [0.4, 0.5) is 5.69 Å². The van der Waals surface area contributed by atoms with Gasteiger partial charge in [0.1, 0.15) is 12.3 Å². The van der Waals surface area contributed by atoms with Crippen molar-refractivity contribution in [3.8, 4) is 5.75 Å². The first-order chi connectivity index (χ1) is 17.8. The minimum atomic E-state index is -4.08.